The van der Waals surface area contributed by atoms with Crippen LogP contribution in [0.25, 0.3) is 0 Å². The minimum absolute atomic E-state index is 0.627. The Morgan fingerprint density at radius 3 is 1.23 bits per heavy atom. The Morgan fingerprint density at radius 2 is 0.885 bits per heavy atom. The molecule has 2 nitrogen and oxygen atoms in total. The highest BCUT2D eigenvalue weighted by molar-refractivity contribution is 5.75. The van der Waals surface area contributed by atoms with Gasteiger partial charge in [-0.2, -0.15) is 0 Å². The van der Waals surface area contributed by atoms with E-state index in [0.717, 1.165) is 34.8 Å². The maximum absolute atomic E-state index is 10.7. The molecule has 0 aromatic heterocycles. The van der Waals surface area contributed by atoms with Crippen LogP contribution in [0.4, 0.5) is 0 Å². The summed E-state index contributed by atoms with van der Waals surface area (Å²) in [4.78, 5) is 21.4. The number of carbonyl (C=O) groups is 2. The number of hydrogen-bond donors (Lipinski definition) is 0. The van der Waals surface area contributed by atoms with Gasteiger partial charge in [0.25, 0.3) is 0 Å². The molecular formula is C24H14O2. The average molecular weight is 334 g/mol. The van der Waals surface area contributed by atoms with Crippen molar-refractivity contribution < 1.29 is 9.59 Å². The Balaban J connectivity index is 1.87. The zero-order valence-corrected chi connectivity index (χ0v) is 13.9. The van der Waals surface area contributed by atoms with Crippen LogP contribution in [0.15, 0.2) is 72.8 Å². The second-order valence-corrected chi connectivity index (χ2v) is 5.53. The summed E-state index contributed by atoms with van der Waals surface area (Å²) in [5, 5.41) is 0. The molecule has 0 amide bonds. The number of benzene rings is 3. The van der Waals surface area contributed by atoms with Gasteiger partial charge in [-0.3, -0.25) is 9.59 Å². The van der Waals surface area contributed by atoms with Gasteiger partial charge in [0, 0.05) is 33.4 Å². The predicted molar refractivity (Wildman–Crippen MR) is 102 cm³/mol. The fraction of sp³-hybridized carbons (Fsp3) is 0. The molecule has 0 aliphatic heterocycles. The van der Waals surface area contributed by atoms with Gasteiger partial charge < -0.3 is 0 Å². The summed E-state index contributed by atoms with van der Waals surface area (Å²) in [7, 11) is 0. The topological polar surface area (TPSA) is 34.1 Å². The van der Waals surface area contributed by atoms with E-state index in [4.69, 9.17) is 0 Å². The van der Waals surface area contributed by atoms with Crippen molar-refractivity contribution in [3.63, 3.8) is 0 Å². The molecule has 0 bridgehead atoms. The van der Waals surface area contributed by atoms with Crippen molar-refractivity contribution in [2.45, 2.75) is 0 Å². The first-order chi connectivity index (χ1) is 12.8. The molecule has 0 saturated heterocycles. The first-order valence-corrected chi connectivity index (χ1v) is 8.02. The second kappa shape index (κ2) is 8.29. The highest BCUT2D eigenvalue weighted by Gasteiger charge is 1.96. The van der Waals surface area contributed by atoms with Crippen LogP contribution in [0.3, 0.4) is 0 Å². The Hall–Kier alpha value is -3.88. The molecule has 3 aromatic rings. The summed E-state index contributed by atoms with van der Waals surface area (Å²) in [5.74, 6) is 12.5. The van der Waals surface area contributed by atoms with Gasteiger partial charge in [-0.1, -0.05) is 60.1 Å². The third kappa shape index (κ3) is 4.35. The number of hydrogen-bond acceptors (Lipinski definition) is 2. The lowest BCUT2D eigenvalue weighted by Gasteiger charge is -1.96. The molecule has 0 aliphatic rings. The summed E-state index contributed by atoms with van der Waals surface area (Å²) in [5.41, 5.74) is 4.60. The number of rotatable bonds is 2. The molecule has 3 aromatic carbocycles. The minimum atomic E-state index is 0.627. The second-order valence-electron chi connectivity index (χ2n) is 5.53. The van der Waals surface area contributed by atoms with Crippen LogP contribution in [0.2, 0.25) is 0 Å². The molecule has 0 unspecified atom stereocenters. The van der Waals surface area contributed by atoms with Crippen molar-refractivity contribution in [2.75, 3.05) is 0 Å². The number of aldehydes is 2. The van der Waals surface area contributed by atoms with Crippen LogP contribution in [0.5, 0.6) is 0 Å². The molecule has 0 N–H and O–H groups in total. The molecule has 0 aliphatic carbocycles. The average Bonchev–Trinajstić information content (AvgIpc) is 2.72. The normalized spacial score (nSPS) is 9.23. The van der Waals surface area contributed by atoms with Crippen molar-refractivity contribution in [1.29, 1.82) is 0 Å². The van der Waals surface area contributed by atoms with Crippen LogP contribution in [0.1, 0.15) is 43.0 Å². The van der Waals surface area contributed by atoms with E-state index in [-0.39, 0.29) is 0 Å². The van der Waals surface area contributed by atoms with Gasteiger partial charge in [0.2, 0.25) is 0 Å². The molecule has 0 atom stereocenters. The molecular weight excluding hydrogens is 320 g/mol. The third-order valence-corrected chi connectivity index (χ3v) is 3.70. The van der Waals surface area contributed by atoms with Gasteiger partial charge in [0.1, 0.15) is 12.6 Å². The summed E-state index contributed by atoms with van der Waals surface area (Å²) in [6.45, 7) is 0. The van der Waals surface area contributed by atoms with Crippen molar-refractivity contribution in [1.82, 2.24) is 0 Å². The predicted octanol–water partition coefficient (Wildman–Crippen LogP) is 4.11. The van der Waals surface area contributed by atoms with Gasteiger partial charge in [0.05, 0.1) is 0 Å². The van der Waals surface area contributed by atoms with Crippen LogP contribution in [-0.4, -0.2) is 12.6 Å². The van der Waals surface area contributed by atoms with Gasteiger partial charge in [-0.25, -0.2) is 0 Å². The minimum Gasteiger partial charge on any atom is -0.298 e. The molecule has 0 saturated carbocycles. The van der Waals surface area contributed by atoms with Crippen LogP contribution < -0.4 is 0 Å². The lowest BCUT2D eigenvalue weighted by Crippen LogP contribution is -1.85. The zero-order valence-electron chi connectivity index (χ0n) is 13.9. The highest BCUT2D eigenvalue weighted by atomic mass is 16.1. The van der Waals surface area contributed by atoms with Gasteiger partial charge in [0.15, 0.2) is 0 Å². The fourth-order valence-electron chi connectivity index (χ4n) is 2.27. The Morgan fingerprint density at radius 1 is 0.500 bits per heavy atom. The first-order valence-electron chi connectivity index (χ1n) is 8.02. The standard InChI is InChI=1S/C24H14O2/c25-17-21-9-5-19(6-10-21)13-15-23-3-1-2-4-24(23)16-14-20-7-11-22(18-26)12-8-20/h1-12,17-18H. The maximum Gasteiger partial charge on any atom is 0.150 e. The summed E-state index contributed by atoms with van der Waals surface area (Å²) >= 11 is 0. The first kappa shape index (κ1) is 17.0. The van der Waals surface area contributed by atoms with Crippen LogP contribution >= 0.6 is 0 Å². The van der Waals surface area contributed by atoms with E-state index in [1.54, 1.807) is 24.3 Å². The Labute approximate surface area is 152 Å². The van der Waals surface area contributed by atoms with Crippen molar-refractivity contribution in [3.05, 3.63) is 106 Å². The molecule has 2 heteroatoms. The largest absolute Gasteiger partial charge is 0.298 e. The van der Waals surface area contributed by atoms with Gasteiger partial charge >= 0.3 is 0 Å². The maximum atomic E-state index is 10.7. The lowest BCUT2D eigenvalue weighted by molar-refractivity contribution is 0.111. The van der Waals surface area contributed by atoms with Crippen molar-refractivity contribution >= 4 is 12.6 Å². The highest BCUT2D eigenvalue weighted by Crippen LogP contribution is 2.08. The zero-order chi connectivity index (χ0) is 18.2. The molecule has 0 fully saturated rings. The molecule has 0 heterocycles. The van der Waals surface area contributed by atoms with E-state index < -0.39 is 0 Å². The van der Waals surface area contributed by atoms with E-state index in [2.05, 4.69) is 23.7 Å². The molecule has 26 heavy (non-hydrogen) atoms. The molecule has 122 valence electrons. The summed E-state index contributed by atoms with van der Waals surface area (Å²) in [6, 6.07) is 21.9. The molecule has 0 spiro atoms. The van der Waals surface area contributed by atoms with E-state index >= 15 is 0 Å². The van der Waals surface area contributed by atoms with E-state index in [1.807, 2.05) is 48.5 Å². The molecule has 0 radical (unpaired) electrons. The Bertz CT molecular complexity index is 963. The van der Waals surface area contributed by atoms with E-state index in [9.17, 15) is 9.59 Å². The third-order valence-electron chi connectivity index (χ3n) is 3.70. The van der Waals surface area contributed by atoms with Gasteiger partial charge in [-0.15, -0.1) is 0 Å². The fourth-order valence-corrected chi connectivity index (χ4v) is 2.27. The Kier molecular flexibility index (Phi) is 5.41. The SMILES string of the molecule is O=Cc1ccc(C#Cc2ccccc2C#Cc2ccc(C=O)cc2)cc1. The van der Waals surface area contributed by atoms with E-state index in [0.29, 0.717) is 11.1 Å². The number of carbonyl (C=O) groups excluding carboxylic acids is 2. The van der Waals surface area contributed by atoms with Crippen LogP contribution in [0, 0.1) is 23.7 Å². The van der Waals surface area contributed by atoms with E-state index in [1.165, 1.54) is 0 Å². The molecule has 3 rings (SSSR count). The van der Waals surface area contributed by atoms with Crippen LogP contribution in [-0.2, 0) is 0 Å². The smallest absolute Gasteiger partial charge is 0.150 e. The van der Waals surface area contributed by atoms with Crippen molar-refractivity contribution in [3.8, 4) is 23.7 Å². The summed E-state index contributed by atoms with van der Waals surface area (Å²) < 4.78 is 0. The van der Waals surface area contributed by atoms with Gasteiger partial charge in [-0.05, 0) is 36.4 Å². The quantitative estimate of drug-likeness (QED) is 0.522. The van der Waals surface area contributed by atoms with Crippen molar-refractivity contribution in [2.24, 2.45) is 0 Å². The lowest BCUT2D eigenvalue weighted by atomic mass is 10.1. The summed E-state index contributed by atoms with van der Waals surface area (Å²) in [6.07, 6.45) is 1.62. The monoisotopic (exact) mass is 334 g/mol.